The Balaban J connectivity index is 1.22. The molecule has 352 valence electrons. The van der Waals surface area contributed by atoms with E-state index >= 15 is 0 Å². The van der Waals surface area contributed by atoms with Crippen LogP contribution in [0, 0.1) is 0 Å². The van der Waals surface area contributed by atoms with Gasteiger partial charge in [-0.2, -0.15) is 4.98 Å². The average molecular weight is 919 g/mol. The fourth-order valence-electron chi connectivity index (χ4n) is 7.30. The van der Waals surface area contributed by atoms with Crippen LogP contribution in [0.15, 0.2) is 59.5 Å². The Hall–Kier alpha value is -6.11. The van der Waals surface area contributed by atoms with Crippen LogP contribution >= 0.6 is 0 Å². The molecule has 0 saturated carbocycles. The van der Waals surface area contributed by atoms with Crippen LogP contribution in [0.1, 0.15) is 84.7 Å². The number of sulfone groups is 1. The van der Waals surface area contributed by atoms with Crippen LogP contribution in [-0.4, -0.2) is 143 Å². The van der Waals surface area contributed by atoms with Crippen molar-refractivity contribution in [2.75, 3.05) is 68.8 Å². The highest BCUT2D eigenvalue weighted by Gasteiger charge is 2.30. The summed E-state index contributed by atoms with van der Waals surface area (Å²) in [7, 11) is -3.22. The van der Waals surface area contributed by atoms with Crippen LogP contribution in [0.2, 0.25) is 0 Å². The zero-order chi connectivity index (χ0) is 47.5. The molecule has 0 atom stereocenters. The van der Waals surface area contributed by atoms with Gasteiger partial charge in [-0.25, -0.2) is 27.6 Å². The highest BCUT2D eigenvalue weighted by atomic mass is 32.2. The maximum Gasteiger partial charge on any atom is 0.410 e. The largest absolute Gasteiger partial charge is 0.444 e. The molecule has 2 saturated heterocycles. The first-order chi connectivity index (χ1) is 30.3. The molecule has 0 spiro atoms. The predicted molar refractivity (Wildman–Crippen MR) is 247 cm³/mol. The van der Waals surface area contributed by atoms with Crippen LogP contribution < -0.4 is 15.9 Å². The number of carbonyl (C=O) groups is 4. The zero-order valence-electron chi connectivity index (χ0n) is 38.9. The van der Waals surface area contributed by atoms with Gasteiger partial charge in [0.05, 0.1) is 17.2 Å². The molecule has 2 aliphatic rings. The molecule has 0 unspecified atom stereocenters. The third kappa shape index (κ3) is 13.5. The second-order valence-corrected chi connectivity index (χ2v) is 21.7. The minimum atomic E-state index is -3.22. The summed E-state index contributed by atoms with van der Waals surface area (Å²) in [6.45, 7) is 19.0. The molecule has 65 heavy (non-hydrogen) atoms. The summed E-state index contributed by atoms with van der Waals surface area (Å²) in [4.78, 5) is 80.1. The Morgan fingerprint density at radius 3 is 2.02 bits per heavy atom. The Morgan fingerprint density at radius 1 is 0.769 bits per heavy atom. The maximum absolute atomic E-state index is 13.9. The number of carbonyl (C=O) groups excluding carboxylic acids is 4. The van der Waals surface area contributed by atoms with E-state index in [0.29, 0.717) is 79.2 Å². The van der Waals surface area contributed by atoms with Crippen molar-refractivity contribution in [1.82, 2.24) is 34.6 Å². The third-order valence-corrected chi connectivity index (χ3v) is 12.0. The fraction of sp³-hybridized carbons (Fsp3) is 0.522. The number of alkyl carbamates (subject to hydrolysis) is 1. The van der Waals surface area contributed by atoms with E-state index in [2.05, 4.69) is 20.2 Å². The molecular formula is C46H62N8O10S. The molecule has 4 heterocycles. The van der Waals surface area contributed by atoms with Crippen molar-refractivity contribution in [2.24, 2.45) is 0 Å². The molecule has 0 bridgehead atoms. The van der Waals surface area contributed by atoms with Crippen molar-refractivity contribution in [3.8, 4) is 16.9 Å². The van der Waals surface area contributed by atoms with Crippen molar-refractivity contribution >= 4 is 50.7 Å². The van der Waals surface area contributed by atoms with E-state index in [4.69, 9.17) is 14.2 Å². The summed E-state index contributed by atoms with van der Waals surface area (Å²) in [6.07, 6.45) is 0.712. The lowest BCUT2D eigenvalue weighted by atomic mass is 10.0. The molecule has 0 radical (unpaired) electrons. The number of aromatic amines is 1. The smallest absolute Gasteiger partial charge is 0.410 e. The summed E-state index contributed by atoms with van der Waals surface area (Å²) < 4.78 is 42.4. The van der Waals surface area contributed by atoms with E-state index < -0.39 is 44.5 Å². The first kappa shape index (κ1) is 48.3. The van der Waals surface area contributed by atoms with Crippen molar-refractivity contribution in [1.29, 1.82) is 0 Å². The number of benzene rings is 2. The van der Waals surface area contributed by atoms with Gasteiger partial charge in [0, 0.05) is 93.0 Å². The van der Waals surface area contributed by atoms with Gasteiger partial charge >= 0.3 is 24.0 Å². The van der Waals surface area contributed by atoms with Gasteiger partial charge < -0.3 is 44.1 Å². The first-order valence-electron chi connectivity index (χ1n) is 21.9. The SMILES string of the molecule is CC(C)(C)OC(=O)NCCCN(Cc1ccc(-n2cc3cc(-c4cc(C(=O)N5CCS(=O)(=O)CC5)cc(N5CCN(C(=O)OC(C)(C)C)CC5)c4)[nH]c3nc2=O)cc1)C(=O)OC(C)(C)C. The van der Waals surface area contributed by atoms with Gasteiger partial charge in [0.25, 0.3) is 5.91 Å². The van der Waals surface area contributed by atoms with Crippen LogP contribution in [-0.2, 0) is 30.6 Å². The van der Waals surface area contributed by atoms with Crippen molar-refractivity contribution in [3.63, 3.8) is 0 Å². The fourth-order valence-corrected chi connectivity index (χ4v) is 8.50. The maximum atomic E-state index is 13.9. The number of piperazine rings is 1. The first-order valence-corrected chi connectivity index (χ1v) is 23.7. The van der Waals surface area contributed by atoms with Gasteiger partial charge in [-0.15, -0.1) is 0 Å². The van der Waals surface area contributed by atoms with Gasteiger partial charge in [0.1, 0.15) is 22.5 Å². The number of H-pyrrole nitrogens is 1. The van der Waals surface area contributed by atoms with Gasteiger partial charge in [0.2, 0.25) is 0 Å². The predicted octanol–water partition coefficient (Wildman–Crippen LogP) is 5.96. The Kier molecular flexibility index (Phi) is 14.3. The highest BCUT2D eigenvalue weighted by molar-refractivity contribution is 7.91. The van der Waals surface area contributed by atoms with Gasteiger partial charge in [-0.3, -0.25) is 9.36 Å². The molecule has 4 aromatic rings. The molecule has 2 aliphatic heterocycles. The quantitative estimate of drug-likeness (QED) is 0.140. The molecule has 2 aromatic carbocycles. The Bertz CT molecular complexity index is 2550. The second-order valence-electron chi connectivity index (χ2n) is 19.4. The topological polar surface area (TPSA) is 206 Å². The Labute approximate surface area is 380 Å². The standard InChI is InChI=1S/C46H62N8O10S/c1-44(2,3)62-41(57)47-15-10-16-53(43(59)64-46(7,8)9)29-31-11-13-35(14-12-31)54-30-34-28-37(48-38(34)49-40(54)56)32-25-33(39(55)51-21-23-65(60,61)24-22-51)27-36(26-32)50-17-19-52(20-18-50)42(58)63-45(4,5)6/h11-14,25-28,30H,10,15-24,29H2,1-9H3,(H,47,57)(H,48,49,56). The van der Waals surface area contributed by atoms with Crippen LogP contribution in [0.25, 0.3) is 28.0 Å². The van der Waals surface area contributed by atoms with E-state index in [0.717, 1.165) is 11.3 Å². The molecule has 4 amide bonds. The zero-order valence-corrected chi connectivity index (χ0v) is 39.7. The monoisotopic (exact) mass is 918 g/mol. The Morgan fingerprint density at radius 2 is 1.40 bits per heavy atom. The van der Waals surface area contributed by atoms with Crippen LogP contribution in [0.3, 0.4) is 0 Å². The summed E-state index contributed by atoms with van der Waals surface area (Å²) in [5.74, 6) is -0.503. The average Bonchev–Trinajstić information content (AvgIpc) is 3.62. The molecule has 6 rings (SSSR count). The number of hydrogen-bond acceptors (Lipinski definition) is 12. The number of aromatic nitrogens is 3. The number of ether oxygens (including phenoxy) is 3. The van der Waals surface area contributed by atoms with Gasteiger partial charge in [-0.05, 0) is 111 Å². The lowest BCUT2D eigenvalue weighted by Crippen LogP contribution is -2.50. The number of nitrogens with one attached hydrogen (secondary N) is 2. The summed E-state index contributed by atoms with van der Waals surface area (Å²) >= 11 is 0. The van der Waals surface area contributed by atoms with Gasteiger partial charge in [-0.1, -0.05) is 12.1 Å². The van der Waals surface area contributed by atoms with Crippen molar-refractivity contribution < 1.29 is 41.8 Å². The summed E-state index contributed by atoms with van der Waals surface area (Å²) in [5.41, 5.74) is 1.55. The van der Waals surface area contributed by atoms with Crippen molar-refractivity contribution in [2.45, 2.75) is 92.1 Å². The number of fused-ring (bicyclic) bond motifs is 1. The van der Waals surface area contributed by atoms with E-state index in [1.807, 2.05) is 45.0 Å². The van der Waals surface area contributed by atoms with E-state index in [9.17, 15) is 32.4 Å². The van der Waals surface area contributed by atoms with Gasteiger partial charge in [0.15, 0.2) is 9.84 Å². The third-order valence-electron chi connectivity index (χ3n) is 10.4. The normalized spacial score (nSPS) is 15.7. The molecule has 0 aliphatic carbocycles. The molecule has 2 N–H and O–H groups in total. The molecule has 2 fully saturated rings. The molecule has 19 heteroatoms. The second kappa shape index (κ2) is 19.2. The van der Waals surface area contributed by atoms with Crippen LogP contribution in [0.5, 0.6) is 0 Å². The molecule has 18 nitrogen and oxygen atoms in total. The number of nitrogens with zero attached hydrogens (tertiary/aromatic N) is 6. The lowest BCUT2D eigenvalue weighted by Gasteiger charge is -2.37. The summed E-state index contributed by atoms with van der Waals surface area (Å²) in [5, 5.41) is 3.35. The molecular weight excluding hydrogens is 857 g/mol. The molecule has 2 aromatic heterocycles. The lowest BCUT2D eigenvalue weighted by molar-refractivity contribution is 0.0224. The number of amides is 4. The van der Waals surface area contributed by atoms with E-state index in [-0.39, 0.29) is 43.1 Å². The van der Waals surface area contributed by atoms with Crippen LogP contribution in [0.4, 0.5) is 20.1 Å². The number of anilines is 1. The number of hydrogen-bond donors (Lipinski definition) is 2. The highest BCUT2D eigenvalue weighted by Crippen LogP contribution is 2.31. The minimum absolute atomic E-state index is 0.0932. The van der Waals surface area contributed by atoms with Crippen molar-refractivity contribution in [3.05, 3.63) is 76.3 Å². The summed E-state index contributed by atoms with van der Waals surface area (Å²) in [6, 6.07) is 14.5. The van der Waals surface area contributed by atoms with E-state index in [1.165, 1.54) is 4.57 Å². The van der Waals surface area contributed by atoms with E-state index in [1.54, 1.807) is 86.7 Å². The minimum Gasteiger partial charge on any atom is -0.444 e. The number of rotatable bonds is 10.